The summed E-state index contributed by atoms with van der Waals surface area (Å²) < 4.78 is 0. The quantitative estimate of drug-likeness (QED) is 0.671. The predicted octanol–water partition coefficient (Wildman–Crippen LogP) is 2.47. The molecular formula is C14H21N3O2. The van der Waals surface area contributed by atoms with Crippen LogP contribution in [-0.4, -0.2) is 24.1 Å². The number of benzene rings is 1. The Morgan fingerprint density at radius 1 is 1.47 bits per heavy atom. The maximum absolute atomic E-state index is 11.2. The first-order valence-electron chi connectivity index (χ1n) is 6.74. The number of nitrogens with two attached hydrogens (primary N) is 1. The van der Waals surface area contributed by atoms with Crippen LogP contribution in [0, 0.1) is 23.0 Å². The summed E-state index contributed by atoms with van der Waals surface area (Å²) >= 11 is 0. The van der Waals surface area contributed by atoms with Gasteiger partial charge in [-0.15, -0.1) is 0 Å². The molecule has 0 bridgehead atoms. The molecule has 2 unspecified atom stereocenters. The van der Waals surface area contributed by atoms with Gasteiger partial charge < -0.3 is 10.6 Å². The van der Waals surface area contributed by atoms with E-state index in [-0.39, 0.29) is 10.6 Å². The van der Waals surface area contributed by atoms with Crippen LogP contribution in [-0.2, 0) is 0 Å². The molecule has 0 radical (unpaired) electrons. The van der Waals surface area contributed by atoms with Crippen molar-refractivity contribution in [1.29, 1.82) is 0 Å². The molecule has 1 heterocycles. The number of rotatable bonds is 3. The lowest BCUT2D eigenvalue weighted by Gasteiger charge is -2.39. The summed E-state index contributed by atoms with van der Waals surface area (Å²) in [5, 5.41) is 11.2. The Morgan fingerprint density at radius 2 is 2.21 bits per heavy atom. The number of nitro groups is 1. The highest BCUT2D eigenvalue weighted by Gasteiger charge is 2.29. The number of anilines is 1. The third-order valence-corrected chi connectivity index (χ3v) is 3.95. The third-order valence-electron chi connectivity index (χ3n) is 3.95. The van der Waals surface area contributed by atoms with E-state index in [1.54, 1.807) is 12.1 Å². The first kappa shape index (κ1) is 13.8. The van der Waals surface area contributed by atoms with Gasteiger partial charge in [0.15, 0.2) is 0 Å². The minimum absolute atomic E-state index is 0.190. The summed E-state index contributed by atoms with van der Waals surface area (Å²) in [6.07, 6.45) is 2.14. The van der Waals surface area contributed by atoms with Gasteiger partial charge in [-0.1, -0.05) is 6.07 Å². The Bertz CT molecular complexity index is 476. The van der Waals surface area contributed by atoms with E-state index in [0.29, 0.717) is 18.5 Å². The lowest BCUT2D eigenvalue weighted by Crippen LogP contribution is -2.44. The lowest BCUT2D eigenvalue weighted by atomic mass is 9.92. The molecule has 5 heteroatoms. The fourth-order valence-electron chi connectivity index (χ4n) is 2.73. The van der Waals surface area contributed by atoms with Crippen molar-refractivity contribution in [2.45, 2.75) is 32.7 Å². The normalized spacial score (nSPS) is 23.4. The maximum Gasteiger partial charge on any atom is 0.292 e. The highest BCUT2D eigenvalue weighted by molar-refractivity contribution is 5.65. The minimum atomic E-state index is -0.298. The molecule has 0 aromatic heterocycles. The van der Waals surface area contributed by atoms with E-state index in [0.717, 1.165) is 30.6 Å². The zero-order valence-corrected chi connectivity index (χ0v) is 11.5. The van der Waals surface area contributed by atoms with Gasteiger partial charge in [0.05, 0.1) is 4.92 Å². The van der Waals surface area contributed by atoms with Crippen molar-refractivity contribution in [2.75, 3.05) is 18.0 Å². The second kappa shape index (κ2) is 5.57. The molecule has 2 rings (SSSR count). The molecule has 1 fully saturated rings. The van der Waals surface area contributed by atoms with E-state index in [1.807, 2.05) is 13.0 Å². The first-order valence-corrected chi connectivity index (χ1v) is 6.74. The third kappa shape index (κ3) is 2.87. The molecule has 1 aliphatic rings. The minimum Gasteiger partial charge on any atom is -0.363 e. The van der Waals surface area contributed by atoms with Crippen molar-refractivity contribution >= 4 is 11.4 Å². The molecule has 0 aliphatic carbocycles. The monoisotopic (exact) mass is 263 g/mol. The van der Waals surface area contributed by atoms with Gasteiger partial charge in [-0.25, -0.2) is 0 Å². The molecule has 0 saturated carbocycles. The second-order valence-corrected chi connectivity index (χ2v) is 5.43. The number of hydrogen-bond acceptors (Lipinski definition) is 4. The van der Waals surface area contributed by atoms with Crippen LogP contribution in [0.15, 0.2) is 18.2 Å². The molecule has 1 aliphatic heterocycles. The summed E-state index contributed by atoms with van der Waals surface area (Å²) in [6.45, 7) is 5.53. The highest BCUT2D eigenvalue weighted by Crippen LogP contribution is 2.34. The summed E-state index contributed by atoms with van der Waals surface area (Å²) in [4.78, 5) is 13.0. The topological polar surface area (TPSA) is 72.4 Å². The zero-order chi connectivity index (χ0) is 14.0. The molecule has 19 heavy (non-hydrogen) atoms. The molecular weight excluding hydrogens is 242 g/mol. The van der Waals surface area contributed by atoms with Gasteiger partial charge in [0.1, 0.15) is 5.69 Å². The number of hydrogen-bond donors (Lipinski definition) is 1. The van der Waals surface area contributed by atoms with Crippen molar-refractivity contribution in [3.63, 3.8) is 0 Å². The number of nitrogens with zero attached hydrogens (tertiary/aromatic N) is 2. The molecule has 2 N–H and O–H groups in total. The maximum atomic E-state index is 11.2. The van der Waals surface area contributed by atoms with Gasteiger partial charge in [0.2, 0.25) is 0 Å². The fraction of sp³-hybridized carbons (Fsp3) is 0.571. The Hall–Kier alpha value is -1.62. The summed E-state index contributed by atoms with van der Waals surface area (Å²) in [7, 11) is 0. The molecule has 0 spiro atoms. The first-order chi connectivity index (χ1) is 9.02. The van der Waals surface area contributed by atoms with E-state index >= 15 is 0 Å². The van der Waals surface area contributed by atoms with Crippen LogP contribution in [0.4, 0.5) is 11.4 Å². The highest BCUT2D eigenvalue weighted by atomic mass is 16.6. The predicted molar refractivity (Wildman–Crippen MR) is 76.4 cm³/mol. The van der Waals surface area contributed by atoms with Gasteiger partial charge in [0.25, 0.3) is 5.69 Å². The van der Waals surface area contributed by atoms with Gasteiger partial charge in [-0.2, -0.15) is 0 Å². The standard InChI is InChI=1S/C14H21N3O2/c1-10-3-6-13(17(18)19)14(7-10)16-9-12(8-15)5-4-11(16)2/h3,6-7,11-12H,4-5,8-9,15H2,1-2H3. The SMILES string of the molecule is Cc1ccc([N+](=O)[O-])c(N2CC(CN)CCC2C)c1. The summed E-state index contributed by atoms with van der Waals surface area (Å²) in [6, 6.07) is 5.62. The molecule has 1 aromatic carbocycles. The van der Waals surface area contributed by atoms with Crippen LogP contribution >= 0.6 is 0 Å². The van der Waals surface area contributed by atoms with E-state index in [9.17, 15) is 10.1 Å². The molecule has 5 nitrogen and oxygen atoms in total. The summed E-state index contributed by atoms with van der Waals surface area (Å²) in [5.74, 6) is 0.427. The molecule has 2 atom stereocenters. The molecule has 1 saturated heterocycles. The molecule has 1 aromatic rings. The van der Waals surface area contributed by atoms with Crippen LogP contribution < -0.4 is 10.6 Å². The Labute approximate surface area is 113 Å². The number of nitro benzene ring substituents is 1. The van der Waals surface area contributed by atoms with Crippen molar-refractivity contribution in [3.05, 3.63) is 33.9 Å². The Kier molecular flexibility index (Phi) is 4.04. The van der Waals surface area contributed by atoms with Gasteiger partial charge in [0, 0.05) is 18.7 Å². The van der Waals surface area contributed by atoms with E-state index in [2.05, 4.69) is 11.8 Å². The zero-order valence-electron chi connectivity index (χ0n) is 11.5. The average Bonchev–Trinajstić information content (AvgIpc) is 2.38. The van der Waals surface area contributed by atoms with Crippen LogP contribution in [0.1, 0.15) is 25.3 Å². The number of aryl methyl sites for hydroxylation is 1. The van der Waals surface area contributed by atoms with Crippen molar-refractivity contribution < 1.29 is 4.92 Å². The van der Waals surface area contributed by atoms with Gasteiger partial charge in [-0.05, 0) is 50.8 Å². The van der Waals surface area contributed by atoms with E-state index < -0.39 is 0 Å². The fourth-order valence-corrected chi connectivity index (χ4v) is 2.73. The van der Waals surface area contributed by atoms with Gasteiger partial charge in [-0.3, -0.25) is 10.1 Å². The van der Waals surface area contributed by atoms with Crippen molar-refractivity contribution in [3.8, 4) is 0 Å². The molecule has 0 amide bonds. The molecule has 104 valence electrons. The van der Waals surface area contributed by atoms with Crippen LogP contribution in [0.25, 0.3) is 0 Å². The van der Waals surface area contributed by atoms with Crippen molar-refractivity contribution in [2.24, 2.45) is 11.7 Å². The van der Waals surface area contributed by atoms with Gasteiger partial charge >= 0.3 is 0 Å². The Morgan fingerprint density at radius 3 is 2.84 bits per heavy atom. The van der Waals surface area contributed by atoms with Crippen molar-refractivity contribution in [1.82, 2.24) is 0 Å². The smallest absolute Gasteiger partial charge is 0.292 e. The Balaban J connectivity index is 2.38. The summed E-state index contributed by atoms with van der Waals surface area (Å²) in [5.41, 5.74) is 7.72. The van der Waals surface area contributed by atoms with E-state index in [1.165, 1.54) is 0 Å². The average molecular weight is 263 g/mol. The van der Waals surface area contributed by atoms with E-state index in [4.69, 9.17) is 5.73 Å². The lowest BCUT2D eigenvalue weighted by molar-refractivity contribution is -0.384. The van der Waals surface area contributed by atoms with Crippen LogP contribution in [0.5, 0.6) is 0 Å². The number of piperidine rings is 1. The van der Waals surface area contributed by atoms with Crippen LogP contribution in [0.3, 0.4) is 0 Å². The van der Waals surface area contributed by atoms with Crippen LogP contribution in [0.2, 0.25) is 0 Å². The largest absolute Gasteiger partial charge is 0.363 e. The second-order valence-electron chi connectivity index (χ2n) is 5.43.